The van der Waals surface area contributed by atoms with E-state index < -0.39 is 12.1 Å². The summed E-state index contributed by atoms with van der Waals surface area (Å²) in [6, 6.07) is 0. The molecule has 0 aliphatic heterocycles. The van der Waals surface area contributed by atoms with Gasteiger partial charge in [-0.05, 0) is 32.1 Å². The second-order valence-corrected chi connectivity index (χ2v) is 5.27. The maximum atomic E-state index is 10.2. The molecule has 0 aromatic carbocycles. The smallest absolute Gasteiger partial charge is 0.327 e. The van der Waals surface area contributed by atoms with Crippen LogP contribution in [-0.2, 0) is 4.79 Å². The summed E-state index contributed by atoms with van der Waals surface area (Å²) in [5.41, 5.74) is 0. The summed E-state index contributed by atoms with van der Waals surface area (Å²) in [7, 11) is 0. The Kier molecular flexibility index (Phi) is 15.2. The molecule has 0 aromatic heterocycles. The summed E-state index contributed by atoms with van der Waals surface area (Å²) < 4.78 is 0. The zero-order valence-corrected chi connectivity index (χ0v) is 14.1. The summed E-state index contributed by atoms with van der Waals surface area (Å²) >= 11 is 0. The van der Waals surface area contributed by atoms with Crippen molar-refractivity contribution in [2.45, 2.75) is 58.0 Å². The largest absolute Gasteiger partial charge is 0.478 e. The van der Waals surface area contributed by atoms with Gasteiger partial charge in [-0.3, -0.25) is 0 Å². The Hall–Kier alpha value is -1.87. The van der Waals surface area contributed by atoms with Crippen molar-refractivity contribution in [2.75, 3.05) is 0 Å². The van der Waals surface area contributed by atoms with Crippen molar-refractivity contribution < 1.29 is 15.0 Å². The van der Waals surface area contributed by atoms with Crippen molar-refractivity contribution in [3.8, 4) is 0 Å². The van der Waals surface area contributed by atoms with Crippen molar-refractivity contribution in [1.29, 1.82) is 0 Å². The first-order chi connectivity index (χ1) is 11.2. The standard InChI is InChI=1S/C20H30O3/c1-2-3-4-5-6-7-8-10-13-16-19(21)17-14-11-9-12-15-18-20(22)23/h6-7,9-11,13-15,17-19,21H,2-5,8,12,16H2,1H3,(H,22,23)/b7-6+,11-9+,13-10+,17-14+,18-15+. The lowest BCUT2D eigenvalue weighted by Crippen LogP contribution is -1.98. The third-order valence-corrected chi connectivity index (χ3v) is 3.07. The van der Waals surface area contributed by atoms with E-state index in [2.05, 4.69) is 25.2 Å². The molecule has 1 atom stereocenters. The van der Waals surface area contributed by atoms with Crippen LogP contribution in [0, 0.1) is 0 Å². The summed E-state index contributed by atoms with van der Waals surface area (Å²) in [6.45, 7) is 2.21. The summed E-state index contributed by atoms with van der Waals surface area (Å²) in [6.07, 6.45) is 24.8. The van der Waals surface area contributed by atoms with Gasteiger partial charge in [-0.1, -0.05) is 74.4 Å². The van der Waals surface area contributed by atoms with Gasteiger partial charge < -0.3 is 10.2 Å². The number of rotatable bonds is 13. The van der Waals surface area contributed by atoms with Gasteiger partial charge in [0, 0.05) is 6.08 Å². The van der Waals surface area contributed by atoms with Crippen molar-refractivity contribution in [3.05, 3.63) is 60.8 Å². The predicted octanol–water partition coefficient (Wildman–Crippen LogP) is 4.96. The van der Waals surface area contributed by atoms with E-state index in [0.29, 0.717) is 12.8 Å². The first-order valence-electron chi connectivity index (χ1n) is 8.37. The lowest BCUT2D eigenvalue weighted by atomic mass is 10.2. The summed E-state index contributed by atoms with van der Waals surface area (Å²) in [4.78, 5) is 10.2. The molecule has 23 heavy (non-hydrogen) atoms. The summed E-state index contributed by atoms with van der Waals surface area (Å²) in [5, 5.41) is 18.1. The highest BCUT2D eigenvalue weighted by Gasteiger charge is 1.92. The second kappa shape index (κ2) is 16.5. The van der Waals surface area contributed by atoms with Crippen LogP contribution in [0.4, 0.5) is 0 Å². The van der Waals surface area contributed by atoms with E-state index in [1.807, 2.05) is 12.2 Å². The zero-order chi connectivity index (χ0) is 17.2. The topological polar surface area (TPSA) is 57.5 Å². The maximum Gasteiger partial charge on any atom is 0.327 e. The lowest BCUT2D eigenvalue weighted by Gasteiger charge is -1.98. The number of carboxylic acid groups (broad SMARTS) is 1. The van der Waals surface area contributed by atoms with Crippen molar-refractivity contribution in [3.63, 3.8) is 0 Å². The Morgan fingerprint density at radius 1 is 0.957 bits per heavy atom. The molecule has 3 nitrogen and oxygen atoms in total. The molecule has 0 aliphatic carbocycles. The van der Waals surface area contributed by atoms with Gasteiger partial charge in [0.2, 0.25) is 0 Å². The quantitative estimate of drug-likeness (QED) is 0.218. The molecular weight excluding hydrogens is 288 g/mol. The van der Waals surface area contributed by atoms with Gasteiger partial charge in [-0.15, -0.1) is 0 Å². The number of unbranched alkanes of at least 4 members (excludes halogenated alkanes) is 3. The van der Waals surface area contributed by atoms with Crippen LogP contribution < -0.4 is 0 Å². The van der Waals surface area contributed by atoms with Crippen LogP contribution in [0.1, 0.15) is 51.9 Å². The van der Waals surface area contributed by atoms with Gasteiger partial charge in [0.15, 0.2) is 0 Å². The van der Waals surface area contributed by atoms with Gasteiger partial charge in [0.25, 0.3) is 0 Å². The van der Waals surface area contributed by atoms with Gasteiger partial charge in [0.1, 0.15) is 0 Å². The van der Waals surface area contributed by atoms with E-state index in [0.717, 1.165) is 18.9 Å². The van der Waals surface area contributed by atoms with Crippen LogP contribution >= 0.6 is 0 Å². The number of aliphatic hydroxyl groups is 1. The summed E-state index contributed by atoms with van der Waals surface area (Å²) in [5.74, 6) is -0.938. The monoisotopic (exact) mass is 318 g/mol. The number of aliphatic carboxylic acids is 1. The third-order valence-electron chi connectivity index (χ3n) is 3.07. The Balaban J connectivity index is 3.70. The fourth-order valence-corrected chi connectivity index (χ4v) is 1.81. The Morgan fingerprint density at radius 2 is 1.70 bits per heavy atom. The van der Waals surface area contributed by atoms with Gasteiger partial charge >= 0.3 is 5.97 Å². The second-order valence-electron chi connectivity index (χ2n) is 5.27. The highest BCUT2D eigenvalue weighted by molar-refractivity contribution is 5.79. The molecule has 0 amide bonds. The maximum absolute atomic E-state index is 10.2. The van der Waals surface area contributed by atoms with Crippen molar-refractivity contribution >= 4 is 5.97 Å². The minimum Gasteiger partial charge on any atom is -0.478 e. The number of hydrogen-bond donors (Lipinski definition) is 2. The highest BCUT2D eigenvalue weighted by atomic mass is 16.4. The molecule has 0 saturated carbocycles. The molecular formula is C20H30O3. The Morgan fingerprint density at radius 3 is 2.43 bits per heavy atom. The Labute approximate surface area is 140 Å². The molecule has 1 unspecified atom stereocenters. The van der Waals surface area contributed by atoms with Crippen LogP contribution in [0.3, 0.4) is 0 Å². The van der Waals surface area contributed by atoms with E-state index >= 15 is 0 Å². The van der Waals surface area contributed by atoms with Crippen molar-refractivity contribution in [2.24, 2.45) is 0 Å². The normalized spacial score (nSPS) is 14.2. The molecule has 3 heteroatoms. The fraction of sp³-hybridized carbons (Fsp3) is 0.450. The van der Waals surface area contributed by atoms with Crippen LogP contribution in [0.15, 0.2) is 60.8 Å². The van der Waals surface area contributed by atoms with Crippen LogP contribution in [0.2, 0.25) is 0 Å². The van der Waals surface area contributed by atoms with Crippen LogP contribution in [0.5, 0.6) is 0 Å². The predicted molar refractivity (Wildman–Crippen MR) is 97.3 cm³/mol. The van der Waals surface area contributed by atoms with Gasteiger partial charge in [-0.25, -0.2) is 4.79 Å². The van der Waals surface area contributed by atoms with E-state index in [9.17, 15) is 9.90 Å². The van der Waals surface area contributed by atoms with E-state index in [1.54, 1.807) is 24.3 Å². The van der Waals surface area contributed by atoms with E-state index in [1.165, 1.54) is 19.3 Å². The lowest BCUT2D eigenvalue weighted by molar-refractivity contribution is -0.131. The van der Waals surface area contributed by atoms with Crippen LogP contribution in [-0.4, -0.2) is 22.3 Å². The molecule has 0 aromatic rings. The average molecular weight is 318 g/mol. The number of aliphatic hydroxyl groups excluding tert-OH is 1. The van der Waals surface area contributed by atoms with Crippen LogP contribution in [0.25, 0.3) is 0 Å². The number of carbonyl (C=O) groups is 1. The zero-order valence-electron chi connectivity index (χ0n) is 14.1. The molecule has 0 heterocycles. The fourth-order valence-electron chi connectivity index (χ4n) is 1.81. The average Bonchev–Trinajstić information content (AvgIpc) is 2.52. The number of hydrogen-bond acceptors (Lipinski definition) is 2. The number of allylic oxidation sites excluding steroid dienone is 7. The molecule has 0 fully saturated rings. The molecule has 0 rings (SSSR count). The van der Waals surface area contributed by atoms with E-state index in [4.69, 9.17) is 5.11 Å². The molecule has 128 valence electrons. The Bertz CT molecular complexity index is 428. The molecule has 0 bridgehead atoms. The first-order valence-corrected chi connectivity index (χ1v) is 8.37. The first kappa shape index (κ1) is 21.1. The molecule has 2 N–H and O–H groups in total. The number of carboxylic acids is 1. The molecule has 0 spiro atoms. The minimum atomic E-state index is -0.938. The van der Waals surface area contributed by atoms with Gasteiger partial charge in [-0.2, -0.15) is 0 Å². The van der Waals surface area contributed by atoms with E-state index in [-0.39, 0.29) is 0 Å². The highest BCUT2D eigenvalue weighted by Crippen LogP contribution is 2.01. The third kappa shape index (κ3) is 18.1. The minimum absolute atomic E-state index is 0.487. The molecule has 0 aliphatic rings. The van der Waals surface area contributed by atoms with Crippen molar-refractivity contribution in [1.82, 2.24) is 0 Å². The SMILES string of the molecule is CCCCC/C=C/C/C=C/CC(O)/C=C/C=C/C/C=C/C(=O)O. The molecule has 0 saturated heterocycles. The van der Waals surface area contributed by atoms with Gasteiger partial charge in [0.05, 0.1) is 6.10 Å². The molecule has 0 radical (unpaired) electrons.